The summed E-state index contributed by atoms with van der Waals surface area (Å²) in [4.78, 5) is 18.0. The number of pyridine rings is 1. The van der Waals surface area contributed by atoms with Gasteiger partial charge in [-0.25, -0.2) is 0 Å². The van der Waals surface area contributed by atoms with Crippen molar-refractivity contribution in [1.82, 2.24) is 4.98 Å². The van der Waals surface area contributed by atoms with Crippen molar-refractivity contribution in [2.24, 2.45) is 0 Å². The number of methoxy groups -OCH3 is 3. The van der Waals surface area contributed by atoms with Gasteiger partial charge in [0.25, 0.3) is 0 Å². The van der Waals surface area contributed by atoms with Crippen LogP contribution in [0.25, 0.3) is 10.8 Å². The average Bonchev–Trinajstić information content (AvgIpc) is 2.91. The molecule has 1 heterocycles. The molecule has 0 fully saturated rings. The highest BCUT2D eigenvalue weighted by Crippen LogP contribution is 2.40. The van der Waals surface area contributed by atoms with Crippen LogP contribution in [0.5, 0.6) is 28.7 Å². The topological polar surface area (TPSA) is 76.1 Å². The summed E-state index contributed by atoms with van der Waals surface area (Å²) in [7, 11) is 4.54. The SMILES string of the molecule is CCOc1ccc2c(C(=O)c3cc(OC)c(OC)c(OC)c3)cncc2c1OCc1ccccc1. The molecule has 0 saturated carbocycles. The Balaban J connectivity index is 1.80. The molecule has 180 valence electrons. The number of nitrogens with zero attached hydrogens (tertiary/aromatic N) is 1. The zero-order chi connectivity index (χ0) is 24.8. The summed E-state index contributed by atoms with van der Waals surface area (Å²) in [6, 6.07) is 16.8. The third-order valence-corrected chi connectivity index (χ3v) is 5.55. The number of hydrogen-bond donors (Lipinski definition) is 0. The molecule has 0 amide bonds. The van der Waals surface area contributed by atoms with Crippen LogP contribution in [0.15, 0.2) is 67.0 Å². The van der Waals surface area contributed by atoms with Crippen LogP contribution in [0.3, 0.4) is 0 Å². The third kappa shape index (κ3) is 4.84. The Labute approximate surface area is 204 Å². The molecule has 4 rings (SSSR count). The normalized spacial score (nSPS) is 10.6. The molecule has 0 unspecified atom stereocenters. The van der Waals surface area contributed by atoms with Gasteiger partial charge in [-0.15, -0.1) is 0 Å². The number of carbonyl (C=O) groups is 1. The van der Waals surface area contributed by atoms with Crippen molar-refractivity contribution in [3.8, 4) is 28.7 Å². The first-order valence-corrected chi connectivity index (χ1v) is 11.2. The van der Waals surface area contributed by atoms with Gasteiger partial charge in [-0.1, -0.05) is 30.3 Å². The summed E-state index contributed by atoms with van der Waals surface area (Å²) in [5.41, 5.74) is 1.82. The molecule has 0 bridgehead atoms. The first kappa shape index (κ1) is 23.9. The lowest BCUT2D eigenvalue weighted by Gasteiger charge is -2.16. The molecule has 0 radical (unpaired) electrons. The van der Waals surface area contributed by atoms with Gasteiger partial charge >= 0.3 is 0 Å². The standard InChI is InChI=1S/C28H27NO6/c1-5-34-23-12-11-20-21(26(30)19-13-24(31-2)28(33-4)25(14-19)32-3)15-29-16-22(20)27(23)35-17-18-9-7-6-8-10-18/h6-16H,5,17H2,1-4H3. The summed E-state index contributed by atoms with van der Waals surface area (Å²) in [5.74, 6) is 2.11. The van der Waals surface area contributed by atoms with E-state index in [4.69, 9.17) is 23.7 Å². The minimum absolute atomic E-state index is 0.236. The highest BCUT2D eigenvalue weighted by molar-refractivity contribution is 6.17. The summed E-state index contributed by atoms with van der Waals surface area (Å²) in [6.45, 7) is 2.74. The Morgan fingerprint density at radius 3 is 2.11 bits per heavy atom. The van der Waals surface area contributed by atoms with E-state index in [2.05, 4.69) is 4.98 Å². The van der Waals surface area contributed by atoms with Gasteiger partial charge in [-0.3, -0.25) is 9.78 Å². The number of ether oxygens (including phenoxy) is 5. The van der Waals surface area contributed by atoms with Crippen molar-refractivity contribution in [2.45, 2.75) is 13.5 Å². The van der Waals surface area contributed by atoms with Crippen LogP contribution in [0.1, 0.15) is 28.4 Å². The maximum Gasteiger partial charge on any atom is 0.203 e. The lowest BCUT2D eigenvalue weighted by molar-refractivity contribution is 0.103. The fraction of sp³-hybridized carbons (Fsp3) is 0.214. The fourth-order valence-electron chi connectivity index (χ4n) is 3.89. The van der Waals surface area contributed by atoms with Crippen molar-refractivity contribution in [3.05, 3.63) is 83.7 Å². The Morgan fingerprint density at radius 2 is 1.49 bits per heavy atom. The highest BCUT2D eigenvalue weighted by atomic mass is 16.5. The zero-order valence-electron chi connectivity index (χ0n) is 20.2. The molecule has 7 heteroatoms. The molecule has 0 spiro atoms. The lowest BCUT2D eigenvalue weighted by atomic mass is 9.98. The molecule has 0 saturated heterocycles. The van der Waals surface area contributed by atoms with Gasteiger partial charge in [0.1, 0.15) is 6.61 Å². The minimum atomic E-state index is -0.236. The van der Waals surface area contributed by atoms with Crippen LogP contribution in [0.4, 0.5) is 0 Å². The molecule has 0 aliphatic rings. The highest BCUT2D eigenvalue weighted by Gasteiger charge is 2.21. The Morgan fingerprint density at radius 1 is 0.771 bits per heavy atom. The Bertz CT molecular complexity index is 1310. The van der Waals surface area contributed by atoms with Gasteiger partial charge in [0.15, 0.2) is 28.8 Å². The van der Waals surface area contributed by atoms with Gasteiger partial charge in [0.05, 0.1) is 27.9 Å². The molecule has 0 atom stereocenters. The van der Waals surface area contributed by atoms with E-state index in [1.807, 2.05) is 49.4 Å². The fourth-order valence-corrected chi connectivity index (χ4v) is 3.89. The van der Waals surface area contributed by atoms with E-state index in [9.17, 15) is 4.79 Å². The van der Waals surface area contributed by atoms with Gasteiger partial charge < -0.3 is 23.7 Å². The summed E-state index contributed by atoms with van der Waals surface area (Å²) < 4.78 is 28.2. The van der Waals surface area contributed by atoms with Gasteiger partial charge in [0.2, 0.25) is 5.75 Å². The number of ketones is 1. The summed E-state index contributed by atoms with van der Waals surface area (Å²) in [5, 5.41) is 1.38. The van der Waals surface area contributed by atoms with Crippen molar-refractivity contribution in [1.29, 1.82) is 0 Å². The first-order chi connectivity index (χ1) is 17.1. The third-order valence-electron chi connectivity index (χ3n) is 5.55. The maximum atomic E-state index is 13.6. The molecule has 4 aromatic rings. The molecule has 7 nitrogen and oxygen atoms in total. The van der Waals surface area contributed by atoms with E-state index in [1.54, 1.807) is 24.5 Å². The van der Waals surface area contributed by atoms with Crippen molar-refractivity contribution < 1.29 is 28.5 Å². The number of rotatable bonds is 10. The second-order valence-electron chi connectivity index (χ2n) is 7.63. The maximum absolute atomic E-state index is 13.6. The largest absolute Gasteiger partial charge is 0.493 e. The predicted molar refractivity (Wildman–Crippen MR) is 133 cm³/mol. The quantitative estimate of drug-likeness (QED) is 0.283. The second kappa shape index (κ2) is 10.8. The molecule has 0 aliphatic carbocycles. The number of aromatic nitrogens is 1. The minimum Gasteiger partial charge on any atom is -0.493 e. The van der Waals surface area contributed by atoms with E-state index in [0.29, 0.717) is 63.9 Å². The Hall–Kier alpha value is -4.26. The van der Waals surface area contributed by atoms with Crippen LogP contribution in [0, 0.1) is 0 Å². The van der Waals surface area contributed by atoms with Gasteiger partial charge in [-0.05, 0) is 42.1 Å². The Kier molecular flexibility index (Phi) is 7.35. The molecule has 3 aromatic carbocycles. The van der Waals surface area contributed by atoms with E-state index >= 15 is 0 Å². The van der Waals surface area contributed by atoms with E-state index in [-0.39, 0.29) is 5.78 Å². The van der Waals surface area contributed by atoms with E-state index in [1.165, 1.54) is 21.3 Å². The number of hydrogen-bond acceptors (Lipinski definition) is 7. The summed E-state index contributed by atoms with van der Waals surface area (Å²) >= 11 is 0. The van der Waals surface area contributed by atoms with Crippen molar-refractivity contribution >= 4 is 16.6 Å². The summed E-state index contributed by atoms with van der Waals surface area (Å²) in [6.07, 6.45) is 3.24. The molecular formula is C28H27NO6. The average molecular weight is 474 g/mol. The second-order valence-corrected chi connectivity index (χ2v) is 7.63. The molecule has 0 N–H and O–H groups in total. The predicted octanol–water partition coefficient (Wildman–Crippen LogP) is 5.47. The smallest absolute Gasteiger partial charge is 0.203 e. The molecular weight excluding hydrogens is 446 g/mol. The van der Waals surface area contributed by atoms with Gasteiger partial charge in [-0.2, -0.15) is 0 Å². The van der Waals surface area contributed by atoms with Crippen LogP contribution < -0.4 is 23.7 Å². The van der Waals surface area contributed by atoms with Gasteiger partial charge in [0, 0.05) is 28.9 Å². The lowest BCUT2D eigenvalue weighted by Crippen LogP contribution is -2.06. The molecule has 1 aromatic heterocycles. The monoisotopic (exact) mass is 473 g/mol. The van der Waals surface area contributed by atoms with E-state index < -0.39 is 0 Å². The number of benzene rings is 3. The zero-order valence-corrected chi connectivity index (χ0v) is 20.2. The molecule has 0 aliphatic heterocycles. The van der Waals surface area contributed by atoms with E-state index in [0.717, 1.165) is 5.56 Å². The van der Waals surface area contributed by atoms with Crippen molar-refractivity contribution in [2.75, 3.05) is 27.9 Å². The number of carbonyl (C=O) groups excluding carboxylic acids is 1. The van der Waals surface area contributed by atoms with Crippen molar-refractivity contribution in [3.63, 3.8) is 0 Å². The van der Waals surface area contributed by atoms with Crippen LogP contribution in [-0.4, -0.2) is 38.7 Å². The first-order valence-electron chi connectivity index (χ1n) is 11.2. The van der Waals surface area contributed by atoms with Crippen LogP contribution in [0.2, 0.25) is 0 Å². The molecule has 35 heavy (non-hydrogen) atoms. The number of fused-ring (bicyclic) bond motifs is 1. The van der Waals surface area contributed by atoms with Crippen LogP contribution in [-0.2, 0) is 6.61 Å². The van der Waals surface area contributed by atoms with Crippen LogP contribution >= 0.6 is 0 Å².